The lowest BCUT2D eigenvalue weighted by atomic mass is 9.84. The normalized spacial score (nSPS) is 32.2. The van der Waals surface area contributed by atoms with E-state index in [-0.39, 0.29) is 17.1 Å². The van der Waals surface area contributed by atoms with Crippen molar-refractivity contribution in [1.29, 1.82) is 0 Å². The zero-order chi connectivity index (χ0) is 16.6. The van der Waals surface area contributed by atoms with Gasteiger partial charge in [-0.15, -0.1) is 0 Å². The van der Waals surface area contributed by atoms with Gasteiger partial charge in [-0.2, -0.15) is 0 Å². The Balaban J connectivity index is 1.63. The van der Waals surface area contributed by atoms with E-state index >= 15 is 0 Å². The van der Waals surface area contributed by atoms with E-state index in [0.717, 1.165) is 19.4 Å². The maximum absolute atomic E-state index is 10.8. The van der Waals surface area contributed by atoms with Crippen LogP contribution in [0.25, 0.3) is 0 Å². The van der Waals surface area contributed by atoms with Crippen molar-refractivity contribution in [2.75, 3.05) is 20.2 Å². The van der Waals surface area contributed by atoms with Gasteiger partial charge in [0.2, 0.25) is 0 Å². The first-order valence-corrected chi connectivity index (χ1v) is 8.18. The Morgan fingerprint density at radius 2 is 2.22 bits per heavy atom. The molecule has 0 radical (unpaired) electrons. The van der Waals surface area contributed by atoms with Crippen molar-refractivity contribution < 1.29 is 19.5 Å². The molecule has 7 nitrogen and oxygen atoms in total. The van der Waals surface area contributed by atoms with Crippen molar-refractivity contribution >= 4 is 0 Å². The van der Waals surface area contributed by atoms with Crippen LogP contribution in [0.4, 0.5) is 0 Å². The summed E-state index contributed by atoms with van der Waals surface area (Å²) >= 11 is 0. The third kappa shape index (κ3) is 3.21. The topological polar surface area (TPSA) is 85.1 Å². The lowest BCUT2D eigenvalue weighted by molar-refractivity contribution is -0.571. The molecule has 0 amide bonds. The number of nitrogens with zero attached hydrogens (tertiary/aromatic N) is 2. The van der Waals surface area contributed by atoms with E-state index in [4.69, 9.17) is 9.47 Å². The second-order valence-electron chi connectivity index (χ2n) is 6.55. The molecule has 7 heteroatoms. The third-order valence-electron chi connectivity index (χ3n) is 5.27. The molecule has 128 valence electrons. The quantitative estimate of drug-likeness (QED) is 0.485. The fraction of sp³-hybridized carbons (Fsp3) is 0.750. The summed E-state index contributed by atoms with van der Waals surface area (Å²) in [5.41, 5.74) is 2.62. The van der Waals surface area contributed by atoms with Gasteiger partial charge in [-0.1, -0.05) is 5.57 Å². The van der Waals surface area contributed by atoms with Crippen LogP contribution in [0.2, 0.25) is 0 Å². The average molecular weight is 324 g/mol. The van der Waals surface area contributed by atoms with Crippen LogP contribution in [0, 0.1) is 10.1 Å². The molecule has 2 heterocycles. The number of aliphatic hydroxyl groups excluding tert-OH is 1. The predicted octanol–water partition coefficient (Wildman–Crippen LogP) is 2.37. The molecule has 3 aliphatic rings. The zero-order valence-corrected chi connectivity index (χ0v) is 13.7. The van der Waals surface area contributed by atoms with Gasteiger partial charge in [0.15, 0.2) is 0 Å². The van der Waals surface area contributed by atoms with Gasteiger partial charge in [0.1, 0.15) is 11.5 Å². The van der Waals surface area contributed by atoms with Crippen molar-refractivity contribution in [3.8, 4) is 0 Å². The highest BCUT2D eigenvalue weighted by Gasteiger charge is 2.37. The number of hydrogen-bond donors (Lipinski definition) is 1. The van der Waals surface area contributed by atoms with Crippen molar-refractivity contribution in [2.24, 2.45) is 0 Å². The summed E-state index contributed by atoms with van der Waals surface area (Å²) < 4.78 is 10.8. The highest BCUT2D eigenvalue weighted by atomic mass is 16.7. The van der Waals surface area contributed by atoms with Gasteiger partial charge in [0.05, 0.1) is 18.1 Å². The van der Waals surface area contributed by atoms with Crippen molar-refractivity contribution in [2.45, 2.75) is 57.4 Å². The SMILES string of the molecule is COC1=C(O)CC2=C(CCN(CC3CCC([N+](=O)[O-])O3)C2C)C1. The van der Waals surface area contributed by atoms with Crippen LogP contribution < -0.4 is 0 Å². The van der Waals surface area contributed by atoms with E-state index < -0.39 is 6.23 Å². The Morgan fingerprint density at radius 1 is 1.43 bits per heavy atom. The van der Waals surface area contributed by atoms with Crippen molar-refractivity contribution in [1.82, 2.24) is 4.90 Å². The molecule has 1 fully saturated rings. The lowest BCUT2D eigenvalue weighted by Gasteiger charge is -2.39. The number of aliphatic hydroxyl groups is 1. The van der Waals surface area contributed by atoms with Gasteiger partial charge in [0, 0.05) is 38.4 Å². The number of ether oxygens (including phenoxy) is 2. The van der Waals surface area contributed by atoms with E-state index in [1.54, 1.807) is 7.11 Å². The summed E-state index contributed by atoms with van der Waals surface area (Å²) in [4.78, 5) is 12.8. The van der Waals surface area contributed by atoms with Crippen molar-refractivity contribution in [3.63, 3.8) is 0 Å². The first kappa shape index (κ1) is 16.3. The zero-order valence-electron chi connectivity index (χ0n) is 13.7. The Bertz CT molecular complexity index is 557. The molecule has 3 unspecified atom stereocenters. The van der Waals surface area contributed by atoms with Crippen LogP contribution in [-0.2, 0) is 9.47 Å². The van der Waals surface area contributed by atoms with Gasteiger partial charge < -0.3 is 14.6 Å². The molecular weight excluding hydrogens is 300 g/mol. The molecule has 0 saturated carbocycles. The van der Waals surface area contributed by atoms with Gasteiger partial charge in [-0.25, -0.2) is 0 Å². The molecule has 0 aromatic heterocycles. The fourth-order valence-corrected chi connectivity index (χ4v) is 3.88. The largest absolute Gasteiger partial charge is 0.508 e. The number of rotatable bonds is 4. The summed E-state index contributed by atoms with van der Waals surface area (Å²) in [5, 5.41) is 20.9. The molecule has 0 spiro atoms. The molecule has 0 bridgehead atoms. The van der Waals surface area contributed by atoms with Crippen LogP contribution in [0.15, 0.2) is 22.7 Å². The minimum atomic E-state index is -0.846. The maximum Gasteiger partial charge on any atom is 0.315 e. The second kappa shape index (κ2) is 6.49. The Morgan fingerprint density at radius 3 is 2.87 bits per heavy atom. The van der Waals surface area contributed by atoms with Crippen LogP contribution in [0.5, 0.6) is 0 Å². The van der Waals surface area contributed by atoms with Crippen molar-refractivity contribution in [3.05, 3.63) is 32.8 Å². The highest BCUT2D eigenvalue weighted by molar-refractivity contribution is 5.34. The number of nitro groups is 1. The molecule has 1 aliphatic carbocycles. The third-order valence-corrected chi connectivity index (χ3v) is 5.27. The van der Waals surface area contributed by atoms with E-state index in [2.05, 4.69) is 11.8 Å². The summed E-state index contributed by atoms with van der Waals surface area (Å²) in [6, 6.07) is 0.220. The molecule has 1 saturated heterocycles. The number of methoxy groups -OCH3 is 1. The maximum atomic E-state index is 10.8. The molecule has 2 aliphatic heterocycles. The molecule has 3 atom stereocenters. The molecular formula is C16H24N2O5. The Kier molecular flexibility index (Phi) is 4.59. The predicted molar refractivity (Wildman–Crippen MR) is 83.5 cm³/mol. The molecule has 0 aromatic carbocycles. The van der Waals surface area contributed by atoms with Crippen LogP contribution in [-0.4, -0.2) is 53.5 Å². The Hall–Kier alpha value is -1.60. The smallest absolute Gasteiger partial charge is 0.315 e. The van der Waals surface area contributed by atoms with Gasteiger partial charge in [-0.3, -0.25) is 15.0 Å². The Labute approximate surface area is 135 Å². The van der Waals surface area contributed by atoms with E-state index in [9.17, 15) is 15.2 Å². The number of hydrogen-bond acceptors (Lipinski definition) is 6. The average Bonchev–Trinajstić information content (AvgIpc) is 2.99. The van der Waals surface area contributed by atoms with Crippen LogP contribution in [0.3, 0.4) is 0 Å². The number of allylic oxidation sites excluding steroid dienone is 2. The van der Waals surface area contributed by atoms with Crippen LogP contribution >= 0.6 is 0 Å². The molecule has 3 rings (SSSR count). The summed E-state index contributed by atoms with van der Waals surface area (Å²) in [6.07, 6.45) is 2.50. The minimum absolute atomic E-state index is 0.0720. The van der Waals surface area contributed by atoms with E-state index in [0.29, 0.717) is 37.3 Å². The summed E-state index contributed by atoms with van der Waals surface area (Å²) in [7, 11) is 1.60. The molecule has 1 N–H and O–H groups in total. The van der Waals surface area contributed by atoms with E-state index in [1.807, 2.05) is 0 Å². The fourth-order valence-electron chi connectivity index (χ4n) is 3.88. The summed E-state index contributed by atoms with van der Waals surface area (Å²) in [5.74, 6) is 1.00. The van der Waals surface area contributed by atoms with Gasteiger partial charge in [-0.05, 0) is 25.3 Å². The van der Waals surface area contributed by atoms with Crippen LogP contribution in [0.1, 0.15) is 39.0 Å². The molecule has 23 heavy (non-hydrogen) atoms. The second-order valence-corrected chi connectivity index (χ2v) is 6.55. The van der Waals surface area contributed by atoms with Gasteiger partial charge >= 0.3 is 6.23 Å². The van der Waals surface area contributed by atoms with E-state index in [1.165, 1.54) is 11.1 Å². The standard InChI is InChI=1S/C16H24N2O5/c1-10-13-8-14(19)15(22-2)7-11(13)5-6-17(10)9-12-3-4-16(23-12)18(20)21/h10,12,16,19H,3-9H2,1-2H3. The minimum Gasteiger partial charge on any atom is -0.508 e. The first-order valence-electron chi connectivity index (χ1n) is 8.18. The summed E-state index contributed by atoms with van der Waals surface area (Å²) in [6.45, 7) is 3.77. The van der Waals surface area contributed by atoms with Gasteiger partial charge in [0.25, 0.3) is 0 Å². The highest BCUT2D eigenvalue weighted by Crippen LogP contribution is 2.37. The lowest BCUT2D eigenvalue weighted by Crippen LogP contribution is -2.44. The first-order chi connectivity index (χ1) is 11.0. The molecule has 0 aromatic rings. The monoisotopic (exact) mass is 324 g/mol.